The molecule has 2 N–H and O–H groups in total. The van der Waals surface area contributed by atoms with Gasteiger partial charge in [0, 0.05) is 24.0 Å². The van der Waals surface area contributed by atoms with E-state index in [1.165, 1.54) is 17.3 Å². The van der Waals surface area contributed by atoms with Gasteiger partial charge in [-0.1, -0.05) is 18.2 Å². The number of nitrogens with one attached hydrogen (secondary N) is 2. The summed E-state index contributed by atoms with van der Waals surface area (Å²) in [6.45, 7) is 2.89. The molecule has 1 aromatic carbocycles. The van der Waals surface area contributed by atoms with Crippen molar-refractivity contribution in [1.29, 1.82) is 0 Å². The third kappa shape index (κ3) is 3.64. The van der Waals surface area contributed by atoms with Gasteiger partial charge in [-0.15, -0.1) is 12.4 Å². The predicted octanol–water partition coefficient (Wildman–Crippen LogP) is 3.15. The maximum Gasteiger partial charge on any atom is 0.248 e. The number of fused-ring (bicyclic) bond motifs is 1. The Kier molecular flexibility index (Phi) is 5.46. The van der Waals surface area contributed by atoms with Crippen molar-refractivity contribution in [2.24, 2.45) is 0 Å². The molecule has 2 rings (SSSR count). The Morgan fingerprint density at radius 3 is 3.00 bits per heavy atom. The molecular weight excluding hydrogens is 248 g/mol. The molecule has 0 atom stereocenters. The van der Waals surface area contributed by atoms with Crippen molar-refractivity contribution in [3.8, 4) is 0 Å². The number of anilines is 2. The van der Waals surface area contributed by atoms with Crippen LogP contribution in [0.3, 0.4) is 0 Å². The predicted molar refractivity (Wildman–Crippen MR) is 78.5 cm³/mol. The van der Waals surface area contributed by atoms with Crippen LogP contribution in [0, 0.1) is 0 Å². The molecule has 96 valence electrons. The van der Waals surface area contributed by atoms with Gasteiger partial charge in [-0.05, 0) is 37.1 Å². The molecule has 1 aliphatic heterocycles. The number of carbonyl (C=O) groups excluding carboxylic acids is 1. The average Bonchev–Trinajstić information content (AvgIpc) is 2.76. The van der Waals surface area contributed by atoms with Crippen molar-refractivity contribution in [3.63, 3.8) is 0 Å². The van der Waals surface area contributed by atoms with E-state index < -0.39 is 0 Å². The van der Waals surface area contributed by atoms with Crippen molar-refractivity contribution in [1.82, 2.24) is 0 Å². The minimum atomic E-state index is -0.103. The van der Waals surface area contributed by atoms with Gasteiger partial charge in [-0.2, -0.15) is 0 Å². The molecule has 0 aliphatic carbocycles. The highest BCUT2D eigenvalue weighted by Gasteiger charge is 2.10. The van der Waals surface area contributed by atoms with Crippen LogP contribution in [0.4, 0.5) is 11.4 Å². The highest BCUT2D eigenvalue weighted by atomic mass is 35.5. The zero-order valence-corrected chi connectivity index (χ0v) is 11.1. The molecule has 1 heterocycles. The van der Waals surface area contributed by atoms with Crippen LogP contribution in [0.1, 0.15) is 12.5 Å². The lowest BCUT2D eigenvalue weighted by molar-refractivity contribution is -0.111. The van der Waals surface area contributed by atoms with Crippen LogP contribution in [-0.2, 0) is 11.2 Å². The van der Waals surface area contributed by atoms with Gasteiger partial charge in [0.15, 0.2) is 0 Å². The summed E-state index contributed by atoms with van der Waals surface area (Å²) in [6.07, 6.45) is 7.97. The first-order chi connectivity index (χ1) is 8.29. The van der Waals surface area contributed by atoms with Crippen LogP contribution in [0.5, 0.6) is 0 Å². The van der Waals surface area contributed by atoms with Crippen molar-refractivity contribution in [2.45, 2.75) is 13.3 Å². The molecule has 0 fully saturated rings. The van der Waals surface area contributed by atoms with Gasteiger partial charge < -0.3 is 10.6 Å². The maximum absolute atomic E-state index is 11.5. The number of carbonyl (C=O) groups is 1. The van der Waals surface area contributed by atoms with Crippen molar-refractivity contribution >= 4 is 29.7 Å². The number of benzene rings is 1. The highest BCUT2D eigenvalue weighted by Crippen LogP contribution is 2.25. The Labute approximate surface area is 113 Å². The first kappa shape index (κ1) is 14.3. The molecule has 3 nitrogen and oxygen atoms in total. The van der Waals surface area contributed by atoms with Gasteiger partial charge in [-0.25, -0.2) is 0 Å². The first-order valence-corrected chi connectivity index (χ1v) is 5.77. The number of hydrogen-bond donors (Lipinski definition) is 2. The lowest BCUT2D eigenvalue weighted by Crippen LogP contribution is -2.07. The third-order valence-electron chi connectivity index (χ3n) is 2.63. The SMILES string of the molecule is CC=CC=CC(=O)Nc1ccc2c(c1)CCN2.Cl. The van der Waals surface area contributed by atoms with E-state index in [1.807, 2.05) is 37.3 Å². The molecule has 0 spiro atoms. The van der Waals surface area contributed by atoms with Gasteiger partial charge in [0.2, 0.25) is 5.91 Å². The van der Waals surface area contributed by atoms with E-state index in [0.717, 1.165) is 18.7 Å². The lowest BCUT2D eigenvalue weighted by Gasteiger charge is -2.04. The standard InChI is InChI=1S/C14H16N2O.ClH/c1-2-3-4-5-14(17)16-12-6-7-13-11(10-12)8-9-15-13;/h2-7,10,15H,8-9H2,1H3,(H,16,17);1H. The van der Waals surface area contributed by atoms with Crippen LogP contribution >= 0.6 is 12.4 Å². The summed E-state index contributed by atoms with van der Waals surface area (Å²) in [7, 11) is 0. The lowest BCUT2D eigenvalue weighted by atomic mass is 10.1. The van der Waals surface area contributed by atoms with E-state index in [1.54, 1.807) is 6.08 Å². The number of amides is 1. The summed E-state index contributed by atoms with van der Waals surface area (Å²) in [5, 5.41) is 6.13. The van der Waals surface area contributed by atoms with E-state index >= 15 is 0 Å². The Hall–Kier alpha value is -1.74. The molecular formula is C14H17ClN2O. The smallest absolute Gasteiger partial charge is 0.248 e. The molecule has 0 bridgehead atoms. The number of allylic oxidation sites excluding steroid dienone is 3. The van der Waals surface area contributed by atoms with Crippen molar-refractivity contribution < 1.29 is 4.79 Å². The zero-order valence-electron chi connectivity index (χ0n) is 10.3. The molecule has 1 amide bonds. The molecule has 0 saturated heterocycles. The molecule has 0 unspecified atom stereocenters. The van der Waals surface area contributed by atoms with Gasteiger partial charge in [0.1, 0.15) is 0 Å². The summed E-state index contributed by atoms with van der Waals surface area (Å²) in [5.41, 5.74) is 3.29. The van der Waals surface area contributed by atoms with Gasteiger partial charge in [-0.3, -0.25) is 4.79 Å². The Bertz CT molecular complexity index is 481. The van der Waals surface area contributed by atoms with Crippen LogP contribution in [0.25, 0.3) is 0 Å². The monoisotopic (exact) mass is 264 g/mol. The summed E-state index contributed by atoms with van der Waals surface area (Å²) in [5.74, 6) is -0.103. The van der Waals surface area contributed by atoms with E-state index in [2.05, 4.69) is 10.6 Å². The molecule has 0 aromatic heterocycles. The molecule has 1 aliphatic rings. The fourth-order valence-corrected chi connectivity index (χ4v) is 1.82. The highest BCUT2D eigenvalue weighted by molar-refractivity contribution is 5.99. The van der Waals surface area contributed by atoms with Crippen LogP contribution in [-0.4, -0.2) is 12.5 Å². The molecule has 0 radical (unpaired) electrons. The fourth-order valence-electron chi connectivity index (χ4n) is 1.82. The normalized spacial score (nSPS) is 13.2. The van der Waals surface area contributed by atoms with E-state index in [0.29, 0.717) is 0 Å². The molecule has 18 heavy (non-hydrogen) atoms. The second-order valence-corrected chi connectivity index (χ2v) is 3.92. The van der Waals surface area contributed by atoms with E-state index in [4.69, 9.17) is 0 Å². The number of halogens is 1. The number of hydrogen-bond acceptors (Lipinski definition) is 2. The minimum absolute atomic E-state index is 0. The Morgan fingerprint density at radius 2 is 2.22 bits per heavy atom. The van der Waals surface area contributed by atoms with Crippen LogP contribution < -0.4 is 10.6 Å². The van der Waals surface area contributed by atoms with Crippen LogP contribution in [0.2, 0.25) is 0 Å². The van der Waals surface area contributed by atoms with Gasteiger partial charge >= 0.3 is 0 Å². The fraction of sp³-hybridized carbons (Fsp3) is 0.214. The van der Waals surface area contributed by atoms with Crippen molar-refractivity contribution in [3.05, 3.63) is 48.1 Å². The van der Waals surface area contributed by atoms with Crippen LogP contribution in [0.15, 0.2) is 42.5 Å². The summed E-state index contributed by atoms with van der Waals surface area (Å²) in [6, 6.07) is 5.95. The molecule has 4 heteroatoms. The second kappa shape index (κ2) is 6.87. The van der Waals surface area contributed by atoms with E-state index in [-0.39, 0.29) is 18.3 Å². The zero-order chi connectivity index (χ0) is 12.1. The van der Waals surface area contributed by atoms with E-state index in [9.17, 15) is 4.79 Å². The van der Waals surface area contributed by atoms with Gasteiger partial charge in [0.05, 0.1) is 0 Å². The van der Waals surface area contributed by atoms with Crippen molar-refractivity contribution in [2.75, 3.05) is 17.2 Å². The third-order valence-corrected chi connectivity index (χ3v) is 2.63. The topological polar surface area (TPSA) is 41.1 Å². The number of rotatable bonds is 3. The second-order valence-electron chi connectivity index (χ2n) is 3.92. The Balaban J connectivity index is 0.00000162. The van der Waals surface area contributed by atoms with Gasteiger partial charge in [0.25, 0.3) is 0 Å². The average molecular weight is 265 g/mol. The Morgan fingerprint density at radius 1 is 1.39 bits per heavy atom. The largest absolute Gasteiger partial charge is 0.384 e. The first-order valence-electron chi connectivity index (χ1n) is 5.77. The quantitative estimate of drug-likeness (QED) is 0.650. The minimum Gasteiger partial charge on any atom is -0.384 e. The maximum atomic E-state index is 11.5. The summed E-state index contributed by atoms with van der Waals surface area (Å²) in [4.78, 5) is 11.5. The molecule has 0 saturated carbocycles. The summed E-state index contributed by atoms with van der Waals surface area (Å²) >= 11 is 0. The molecule has 1 aromatic rings. The summed E-state index contributed by atoms with van der Waals surface area (Å²) < 4.78 is 0.